The van der Waals surface area contributed by atoms with Gasteiger partial charge in [-0.1, -0.05) is 30.3 Å². The Kier molecular flexibility index (Phi) is 6.39. The summed E-state index contributed by atoms with van der Waals surface area (Å²) in [5, 5.41) is 2.87. The summed E-state index contributed by atoms with van der Waals surface area (Å²) in [6.45, 7) is 1.65. The molecule has 0 spiro atoms. The maximum absolute atomic E-state index is 11.7. The molecule has 4 nitrogen and oxygen atoms in total. The highest BCUT2D eigenvalue weighted by molar-refractivity contribution is 5.81. The molecule has 0 saturated heterocycles. The summed E-state index contributed by atoms with van der Waals surface area (Å²) in [5.41, 5.74) is 6.96. The van der Waals surface area contributed by atoms with E-state index in [9.17, 15) is 4.79 Å². The van der Waals surface area contributed by atoms with Crippen LogP contribution in [0, 0.1) is 0 Å². The van der Waals surface area contributed by atoms with Gasteiger partial charge in [-0.15, -0.1) is 0 Å². The van der Waals surface area contributed by atoms with E-state index in [-0.39, 0.29) is 5.91 Å². The maximum Gasteiger partial charge on any atom is 0.237 e. The number of nitrogens with zero attached hydrogens (tertiary/aromatic N) is 1. The molecule has 3 N–H and O–H groups in total. The molecule has 4 heteroatoms. The van der Waals surface area contributed by atoms with E-state index in [1.165, 1.54) is 0 Å². The van der Waals surface area contributed by atoms with Gasteiger partial charge in [-0.25, -0.2) is 0 Å². The van der Waals surface area contributed by atoms with Crippen molar-refractivity contribution in [2.75, 3.05) is 27.2 Å². The number of nitrogens with two attached hydrogens (primary N) is 1. The van der Waals surface area contributed by atoms with E-state index in [1.54, 1.807) is 0 Å². The van der Waals surface area contributed by atoms with Crippen LogP contribution < -0.4 is 11.1 Å². The normalized spacial score (nSPS) is 12.4. The Labute approximate surface area is 109 Å². The van der Waals surface area contributed by atoms with Crippen molar-refractivity contribution in [3.8, 4) is 0 Å². The zero-order valence-electron chi connectivity index (χ0n) is 11.2. The van der Waals surface area contributed by atoms with E-state index in [4.69, 9.17) is 5.73 Å². The number of hydrogen-bond donors (Lipinski definition) is 2. The van der Waals surface area contributed by atoms with Gasteiger partial charge in [0.15, 0.2) is 0 Å². The fourth-order valence-corrected chi connectivity index (χ4v) is 1.70. The second-order valence-electron chi connectivity index (χ2n) is 4.74. The molecule has 0 aliphatic rings. The van der Waals surface area contributed by atoms with Crippen molar-refractivity contribution in [3.63, 3.8) is 0 Å². The molecule has 0 heterocycles. The maximum atomic E-state index is 11.7. The molecular formula is C14H23N3O. The van der Waals surface area contributed by atoms with E-state index >= 15 is 0 Å². The second-order valence-corrected chi connectivity index (χ2v) is 4.74. The molecule has 100 valence electrons. The van der Waals surface area contributed by atoms with Crippen LogP contribution in [-0.4, -0.2) is 44.0 Å². The smallest absolute Gasteiger partial charge is 0.237 e. The van der Waals surface area contributed by atoms with Crippen LogP contribution in [0.3, 0.4) is 0 Å². The topological polar surface area (TPSA) is 58.4 Å². The monoisotopic (exact) mass is 249 g/mol. The molecule has 1 atom stereocenters. The van der Waals surface area contributed by atoms with Gasteiger partial charge in [-0.3, -0.25) is 4.79 Å². The zero-order chi connectivity index (χ0) is 13.4. The third-order valence-electron chi connectivity index (χ3n) is 2.72. The summed E-state index contributed by atoms with van der Waals surface area (Å²) in [5.74, 6) is -0.0717. The predicted molar refractivity (Wildman–Crippen MR) is 74.3 cm³/mol. The summed E-state index contributed by atoms with van der Waals surface area (Å²) < 4.78 is 0. The van der Waals surface area contributed by atoms with Crippen molar-refractivity contribution < 1.29 is 4.79 Å². The Hall–Kier alpha value is -1.39. The van der Waals surface area contributed by atoms with Crippen molar-refractivity contribution in [2.45, 2.75) is 18.9 Å². The SMILES string of the molecule is CN(C)CCCNC(=O)C(N)Cc1ccccc1. The average Bonchev–Trinajstić information content (AvgIpc) is 2.35. The Morgan fingerprint density at radius 2 is 2.00 bits per heavy atom. The van der Waals surface area contributed by atoms with E-state index in [0.717, 1.165) is 18.5 Å². The molecule has 0 saturated carbocycles. The Morgan fingerprint density at radius 1 is 1.33 bits per heavy atom. The number of carbonyl (C=O) groups excluding carboxylic acids is 1. The van der Waals surface area contributed by atoms with Crippen LogP contribution in [0.25, 0.3) is 0 Å². The molecule has 0 aliphatic carbocycles. The summed E-state index contributed by atoms with van der Waals surface area (Å²) in [6, 6.07) is 9.37. The molecule has 1 aromatic carbocycles. The Balaban J connectivity index is 2.25. The zero-order valence-corrected chi connectivity index (χ0v) is 11.2. The summed E-state index contributed by atoms with van der Waals surface area (Å²) in [7, 11) is 4.03. The lowest BCUT2D eigenvalue weighted by atomic mass is 10.1. The number of benzene rings is 1. The highest BCUT2D eigenvalue weighted by Gasteiger charge is 2.12. The number of rotatable bonds is 7. The molecule has 1 amide bonds. The average molecular weight is 249 g/mol. The first kappa shape index (κ1) is 14.7. The van der Waals surface area contributed by atoms with E-state index in [0.29, 0.717) is 13.0 Å². The molecule has 18 heavy (non-hydrogen) atoms. The standard InChI is InChI=1S/C14H23N3O/c1-17(2)10-6-9-16-14(18)13(15)11-12-7-4-3-5-8-12/h3-5,7-8,13H,6,9-11,15H2,1-2H3,(H,16,18). The van der Waals surface area contributed by atoms with Crippen LogP contribution in [0.2, 0.25) is 0 Å². The molecule has 1 rings (SSSR count). The number of amides is 1. The highest BCUT2D eigenvalue weighted by atomic mass is 16.2. The van der Waals surface area contributed by atoms with Crippen molar-refractivity contribution in [1.29, 1.82) is 0 Å². The van der Waals surface area contributed by atoms with Gasteiger partial charge in [-0.05, 0) is 39.0 Å². The molecule has 1 aromatic rings. The first-order valence-corrected chi connectivity index (χ1v) is 6.31. The molecule has 0 aliphatic heterocycles. The summed E-state index contributed by atoms with van der Waals surface area (Å²) >= 11 is 0. The van der Waals surface area contributed by atoms with Gasteiger partial charge in [-0.2, -0.15) is 0 Å². The van der Waals surface area contributed by atoms with Crippen LogP contribution in [0.15, 0.2) is 30.3 Å². The molecule has 0 fully saturated rings. The molecule has 0 aromatic heterocycles. The molecule has 1 unspecified atom stereocenters. The molecular weight excluding hydrogens is 226 g/mol. The first-order valence-electron chi connectivity index (χ1n) is 6.31. The highest BCUT2D eigenvalue weighted by Crippen LogP contribution is 2.01. The van der Waals surface area contributed by atoms with Crippen LogP contribution in [0.1, 0.15) is 12.0 Å². The van der Waals surface area contributed by atoms with Crippen molar-refractivity contribution in [3.05, 3.63) is 35.9 Å². The van der Waals surface area contributed by atoms with Gasteiger partial charge in [0.2, 0.25) is 5.91 Å². The fraction of sp³-hybridized carbons (Fsp3) is 0.500. The number of nitrogens with one attached hydrogen (secondary N) is 1. The van der Waals surface area contributed by atoms with E-state index < -0.39 is 6.04 Å². The van der Waals surface area contributed by atoms with Crippen molar-refractivity contribution >= 4 is 5.91 Å². The minimum atomic E-state index is -0.466. The van der Waals surface area contributed by atoms with Crippen LogP contribution in [-0.2, 0) is 11.2 Å². The molecule has 0 bridgehead atoms. The Morgan fingerprint density at radius 3 is 2.61 bits per heavy atom. The fourth-order valence-electron chi connectivity index (χ4n) is 1.70. The van der Waals surface area contributed by atoms with Gasteiger partial charge >= 0.3 is 0 Å². The Bertz CT molecular complexity index is 351. The van der Waals surface area contributed by atoms with Gasteiger partial charge in [0.05, 0.1) is 6.04 Å². The lowest BCUT2D eigenvalue weighted by Crippen LogP contribution is -2.42. The van der Waals surface area contributed by atoms with Crippen molar-refractivity contribution in [2.24, 2.45) is 5.73 Å². The molecule has 0 radical (unpaired) electrons. The quantitative estimate of drug-likeness (QED) is 0.697. The first-order chi connectivity index (χ1) is 8.59. The summed E-state index contributed by atoms with van der Waals surface area (Å²) in [4.78, 5) is 13.8. The largest absolute Gasteiger partial charge is 0.355 e. The van der Waals surface area contributed by atoms with E-state index in [2.05, 4.69) is 10.2 Å². The third-order valence-corrected chi connectivity index (χ3v) is 2.72. The van der Waals surface area contributed by atoms with E-state index in [1.807, 2.05) is 44.4 Å². The van der Waals surface area contributed by atoms with Gasteiger partial charge in [0, 0.05) is 6.54 Å². The number of hydrogen-bond acceptors (Lipinski definition) is 3. The van der Waals surface area contributed by atoms with Crippen LogP contribution in [0.4, 0.5) is 0 Å². The van der Waals surface area contributed by atoms with Crippen LogP contribution >= 0.6 is 0 Å². The minimum Gasteiger partial charge on any atom is -0.355 e. The van der Waals surface area contributed by atoms with Gasteiger partial charge in [0.25, 0.3) is 0 Å². The predicted octanol–water partition coefficient (Wildman–Crippen LogP) is 0.624. The second kappa shape index (κ2) is 7.84. The lowest BCUT2D eigenvalue weighted by Gasteiger charge is -2.13. The third kappa shape index (κ3) is 5.80. The van der Waals surface area contributed by atoms with Gasteiger partial charge in [0.1, 0.15) is 0 Å². The van der Waals surface area contributed by atoms with Gasteiger partial charge < -0.3 is 16.0 Å². The minimum absolute atomic E-state index is 0.0717. The number of carbonyl (C=O) groups is 1. The van der Waals surface area contributed by atoms with Crippen molar-refractivity contribution in [1.82, 2.24) is 10.2 Å². The van der Waals surface area contributed by atoms with Crippen LogP contribution in [0.5, 0.6) is 0 Å². The lowest BCUT2D eigenvalue weighted by molar-refractivity contribution is -0.122. The summed E-state index contributed by atoms with van der Waals surface area (Å²) in [6.07, 6.45) is 1.52.